The maximum atomic E-state index is 12.5. The lowest BCUT2D eigenvalue weighted by Crippen LogP contribution is -2.36. The average Bonchev–Trinajstić information content (AvgIpc) is 3.29. The number of furan rings is 1. The van der Waals surface area contributed by atoms with Crippen LogP contribution in [-0.4, -0.2) is 34.8 Å². The van der Waals surface area contributed by atoms with E-state index in [0.717, 1.165) is 40.4 Å². The fraction of sp³-hybridized carbons (Fsp3) is 0.286. The van der Waals surface area contributed by atoms with Gasteiger partial charge in [-0.2, -0.15) is 0 Å². The molecule has 1 aliphatic heterocycles. The molecular formula is C21H22N4O3S. The van der Waals surface area contributed by atoms with Crippen LogP contribution in [0.5, 0.6) is 0 Å². The summed E-state index contributed by atoms with van der Waals surface area (Å²) >= 11 is 1.44. The van der Waals surface area contributed by atoms with Gasteiger partial charge in [-0.05, 0) is 49.2 Å². The first-order valence-electron chi connectivity index (χ1n) is 9.40. The molecule has 0 radical (unpaired) electrons. The topological polar surface area (TPSA) is 87.5 Å². The van der Waals surface area contributed by atoms with Crippen molar-refractivity contribution >= 4 is 34.0 Å². The number of rotatable bonds is 5. The number of hydrogen-bond donors (Lipinski definition) is 2. The Morgan fingerprint density at radius 1 is 1.21 bits per heavy atom. The smallest absolute Gasteiger partial charge is 0.293 e. The molecule has 0 aliphatic carbocycles. The zero-order chi connectivity index (χ0) is 20.4. The van der Waals surface area contributed by atoms with E-state index < -0.39 is 0 Å². The normalized spacial score (nSPS) is 13.7. The highest BCUT2D eigenvalue weighted by Crippen LogP contribution is 2.28. The van der Waals surface area contributed by atoms with Gasteiger partial charge in [0.2, 0.25) is 5.91 Å². The Kier molecular flexibility index (Phi) is 5.46. The van der Waals surface area contributed by atoms with Crippen LogP contribution in [0, 0.1) is 13.8 Å². The molecule has 1 aromatic carbocycles. The zero-order valence-electron chi connectivity index (χ0n) is 16.3. The van der Waals surface area contributed by atoms with Crippen LogP contribution in [0.25, 0.3) is 0 Å². The van der Waals surface area contributed by atoms with Crippen molar-refractivity contribution in [2.24, 2.45) is 0 Å². The van der Waals surface area contributed by atoms with Crippen LogP contribution in [0.2, 0.25) is 0 Å². The van der Waals surface area contributed by atoms with Crippen molar-refractivity contribution in [1.82, 2.24) is 9.88 Å². The Bertz CT molecular complexity index is 1020. The minimum atomic E-state index is -0.314. The summed E-state index contributed by atoms with van der Waals surface area (Å²) in [6.45, 7) is 5.74. The highest BCUT2D eigenvalue weighted by atomic mass is 32.1. The lowest BCUT2D eigenvalue weighted by atomic mass is 10.1. The molecule has 1 aliphatic rings. The second-order valence-corrected chi connectivity index (χ2v) is 8.29. The van der Waals surface area contributed by atoms with Crippen molar-refractivity contribution in [3.8, 4) is 0 Å². The van der Waals surface area contributed by atoms with E-state index in [1.807, 2.05) is 26.0 Å². The molecule has 0 bridgehead atoms. The summed E-state index contributed by atoms with van der Waals surface area (Å²) in [7, 11) is 0. The average molecular weight is 410 g/mol. The van der Waals surface area contributed by atoms with Crippen LogP contribution in [0.3, 0.4) is 0 Å². The van der Waals surface area contributed by atoms with Crippen molar-refractivity contribution in [3.63, 3.8) is 0 Å². The molecule has 29 heavy (non-hydrogen) atoms. The number of anilines is 2. The van der Waals surface area contributed by atoms with Crippen molar-refractivity contribution < 1.29 is 14.0 Å². The Hall–Kier alpha value is -2.97. The quantitative estimate of drug-likeness (QED) is 0.671. The molecule has 0 spiro atoms. The molecule has 2 amide bonds. The summed E-state index contributed by atoms with van der Waals surface area (Å²) in [5.74, 6) is -0.0945. The summed E-state index contributed by atoms with van der Waals surface area (Å²) in [6.07, 6.45) is 2.21. The van der Waals surface area contributed by atoms with Crippen molar-refractivity contribution in [2.45, 2.75) is 26.8 Å². The van der Waals surface area contributed by atoms with Gasteiger partial charge in [0, 0.05) is 30.1 Å². The van der Waals surface area contributed by atoms with Crippen molar-refractivity contribution in [2.75, 3.05) is 23.7 Å². The predicted molar refractivity (Wildman–Crippen MR) is 112 cm³/mol. The SMILES string of the molecule is Cc1cc(C)cc(NC(=O)CN2CCc3nc(NC(=O)c4ccco4)sc3C2)c1. The first-order chi connectivity index (χ1) is 14.0. The predicted octanol–water partition coefficient (Wildman–Crippen LogP) is 3.60. The number of aryl methyl sites for hydroxylation is 2. The molecular weight excluding hydrogens is 388 g/mol. The molecule has 0 saturated heterocycles. The Labute approximate surface area is 172 Å². The maximum absolute atomic E-state index is 12.5. The van der Waals surface area contributed by atoms with Gasteiger partial charge >= 0.3 is 0 Å². The Morgan fingerprint density at radius 3 is 2.72 bits per heavy atom. The number of thiazole rings is 1. The standard InChI is InChI=1S/C21H22N4O3S/c1-13-8-14(2)10-15(9-13)22-19(26)12-25-6-5-16-18(11-25)29-21(23-16)24-20(27)17-4-3-7-28-17/h3-4,7-10H,5-6,11-12H2,1-2H3,(H,22,26)(H,23,24,27). The third kappa shape index (κ3) is 4.72. The number of aromatic nitrogens is 1. The van der Waals surface area contributed by atoms with E-state index in [-0.39, 0.29) is 17.6 Å². The van der Waals surface area contributed by atoms with Crippen LogP contribution in [0.15, 0.2) is 41.0 Å². The van der Waals surface area contributed by atoms with E-state index >= 15 is 0 Å². The molecule has 3 aromatic rings. The highest BCUT2D eigenvalue weighted by molar-refractivity contribution is 7.15. The lowest BCUT2D eigenvalue weighted by Gasteiger charge is -2.25. The van der Waals surface area contributed by atoms with Gasteiger partial charge in [-0.1, -0.05) is 6.07 Å². The Balaban J connectivity index is 1.35. The summed E-state index contributed by atoms with van der Waals surface area (Å²) in [5.41, 5.74) is 4.05. The number of nitrogens with zero attached hydrogens (tertiary/aromatic N) is 2. The van der Waals surface area contributed by atoms with Gasteiger partial charge in [0.05, 0.1) is 18.5 Å². The van der Waals surface area contributed by atoms with Gasteiger partial charge in [-0.25, -0.2) is 4.98 Å². The van der Waals surface area contributed by atoms with Crippen LogP contribution in [-0.2, 0) is 17.8 Å². The number of nitrogens with one attached hydrogen (secondary N) is 2. The molecule has 7 nitrogen and oxygen atoms in total. The second-order valence-electron chi connectivity index (χ2n) is 7.21. The van der Waals surface area contributed by atoms with Crippen LogP contribution < -0.4 is 10.6 Å². The molecule has 0 saturated carbocycles. The monoisotopic (exact) mass is 410 g/mol. The fourth-order valence-corrected chi connectivity index (χ4v) is 4.50. The molecule has 150 valence electrons. The van der Waals surface area contributed by atoms with E-state index in [1.165, 1.54) is 17.6 Å². The fourth-order valence-electron chi connectivity index (χ4n) is 3.45. The first-order valence-corrected chi connectivity index (χ1v) is 10.2. The molecule has 8 heteroatoms. The second kappa shape index (κ2) is 8.18. The van der Waals surface area contributed by atoms with Gasteiger partial charge < -0.3 is 9.73 Å². The number of amides is 2. The minimum Gasteiger partial charge on any atom is -0.459 e. The largest absolute Gasteiger partial charge is 0.459 e. The van der Waals surface area contributed by atoms with Gasteiger partial charge in [-0.15, -0.1) is 11.3 Å². The van der Waals surface area contributed by atoms with E-state index in [0.29, 0.717) is 18.2 Å². The minimum absolute atomic E-state index is 0.0330. The van der Waals surface area contributed by atoms with Crippen molar-refractivity contribution in [3.05, 3.63) is 64.1 Å². The molecule has 0 unspecified atom stereocenters. The number of benzene rings is 1. The Morgan fingerprint density at radius 2 is 2.00 bits per heavy atom. The number of hydrogen-bond acceptors (Lipinski definition) is 6. The third-order valence-corrected chi connectivity index (χ3v) is 5.65. The number of fused-ring (bicyclic) bond motifs is 1. The first kappa shape index (κ1) is 19.4. The van der Waals surface area contributed by atoms with E-state index in [4.69, 9.17) is 4.42 Å². The zero-order valence-corrected chi connectivity index (χ0v) is 17.1. The molecule has 2 aromatic heterocycles. The molecule has 0 atom stereocenters. The van der Waals surface area contributed by atoms with Crippen LogP contribution >= 0.6 is 11.3 Å². The lowest BCUT2D eigenvalue weighted by molar-refractivity contribution is -0.117. The van der Waals surface area contributed by atoms with E-state index in [9.17, 15) is 9.59 Å². The summed E-state index contributed by atoms with van der Waals surface area (Å²) in [6, 6.07) is 9.29. The third-order valence-electron chi connectivity index (χ3n) is 4.65. The molecule has 2 N–H and O–H groups in total. The van der Waals surface area contributed by atoms with E-state index in [1.54, 1.807) is 12.1 Å². The molecule has 3 heterocycles. The van der Waals surface area contributed by atoms with Crippen molar-refractivity contribution in [1.29, 1.82) is 0 Å². The van der Waals surface area contributed by atoms with Crippen LogP contribution in [0.1, 0.15) is 32.3 Å². The molecule has 4 rings (SSSR count). The summed E-state index contributed by atoms with van der Waals surface area (Å²) < 4.78 is 5.11. The van der Waals surface area contributed by atoms with E-state index in [2.05, 4.69) is 26.6 Å². The van der Waals surface area contributed by atoms with Gasteiger partial charge in [-0.3, -0.25) is 19.8 Å². The number of carbonyl (C=O) groups is 2. The molecule has 0 fully saturated rings. The van der Waals surface area contributed by atoms with Gasteiger partial charge in [0.25, 0.3) is 5.91 Å². The highest BCUT2D eigenvalue weighted by Gasteiger charge is 2.23. The summed E-state index contributed by atoms with van der Waals surface area (Å²) in [4.78, 5) is 32.3. The van der Waals surface area contributed by atoms with Crippen LogP contribution in [0.4, 0.5) is 10.8 Å². The van der Waals surface area contributed by atoms with Gasteiger partial charge in [0.15, 0.2) is 10.9 Å². The maximum Gasteiger partial charge on any atom is 0.293 e. The van der Waals surface area contributed by atoms with Gasteiger partial charge in [0.1, 0.15) is 0 Å². The summed E-state index contributed by atoms with van der Waals surface area (Å²) in [5, 5.41) is 6.31. The number of carbonyl (C=O) groups excluding carboxylic acids is 2.